The summed E-state index contributed by atoms with van der Waals surface area (Å²) in [6.45, 7) is 1.38. The molecule has 0 spiro atoms. The van der Waals surface area contributed by atoms with Crippen molar-refractivity contribution >= 4 is 27.6 Å². The predicted molar refractivity (Wildman–Crippen MR) is 74.6 cm³/mol. The molecule has 21 heavy (non-hydrogen) atoms. The summed E-state index contributed by atoms with van der Waals surface area (Å²) < 4.78 is 6.68. The lowest BCUT2D eigenvalue weighted by atomic mass is 10.2. The van der Waals surface area contributed by atoms with Gasteiger partial charge in [-0.05, 0) is 28.9 Å². The number of hydrogen-bond donors (Lipinski definition) is 1. The maximum absolute atomic E-state index is 11.9. The number of carboxylic acids is 1. The quantitative estimate of drug-likeness (QED) is 0.662. The van der Waals surface area contributed by atoms with Gasteiger partial charge in [0.2, 0.25) is 0 Å². The average Bonchev–Trinajstić information content (AvgIpc) is 2.74. The minimum Gasteiger partial charge on any atom is -0.478 e. The van der Waals surface area contributed by atoms with Crippen LogP contribution in [0.4, 0.5) is 5.69 Å². The number of carbonyl (C=O) groups is 1. The first-order valence-corrected chi connectivity index (χ1v) is 6.46. The third kappa shape index (κ3) is 3.02. The number of furan rings is 1. The first-order chi connectivity index (χ1) is 9.79. The molecule has 0 aliphatic heterocycles. The molecule has 2 aromatic heterocycles. The van der Waals surface area contributed by atoms with E-state index in [0.717, 1.165) is 10.6 Å². The molecule has 9 heteroatoms. The maximum Gasteiger partial charge on any atom is 0.339 e. The zero-order chi connectivity index (χ0) is 15.7. The van der Waals surface area contributed by atoms with E-state index in [2.05, 4.69) is 15.9 Å². The second-order valence-corrected chi connectivity index (χ2v) is 5.14. The fraction of sp³-hybridized carbons (Fsp3) is 0.167. The molecule has 0 saturated heterocycles. The normalized spacial score (nSPS) is 10.6. The summed E-state index contributed by atoms with van der Waals surface area (Å²) in [4.78, 5) is 32.9. The lowest BCUT2D eigenvalue weighted by molar-refractivity contribution is -0.386. The van der Waals surface area contributed by atoms with Gasteiger partial charge in [-0.1, -0.05) is 0 Å². The van der Waals surface area contributed by atoms with Gasteiger partial charge in [0, 0.05) is 16.7 Å². The molecule has 2 rings (SSSR count). The van der Waals surface area contributed by atoms with Crippen LogP contribution in [0, 0.1) is 17.0 Å². The van der Waals surface area contributed by atoms with Crippen LogP contribution >= 0.6 is 15.9 Å². The number of rotatable bonds is 4. The van der Waals surface area contributed by atoms with E-state index < -0.39 is 22.1 Å². The van der Waals surface area contributed by atoms with Gasteiger partial charge < -0.3 is 14.1 Å². The number of pyridine rings is 1. The molecule has 0 aliphatic carbocycles. The average molecular weight is 357 g/mol. The predicted octanol–water partition coefficient (Wildman–Crippen LogP) is 2.17. The highest BCUT2D eigenvalue weighted by Crippen LogP contribution is 2.18. The number of aryl methyl sites for hydroxylation is 1. The molecule has 0 fully saturated rings. The monoisotopic (exact) mass is 356 g/mol. The molecule has 2 aromatic rings. The van der Waals surface area contributed by atoms with Crippen LogP contribution < -0.4 is 5.56 Å². The van der Waals surface area contributed by atoms with E-state index in [1.54, 1.807) is 0 Å². The van der Waals surface area contributed by atoms with Gasteiger partial charge in [0.05, 0.1) is 11.5 Å². The summed E-state index contributed by atoms with van der Waals surface area (Å²) in [6.07, 6.45) is 1.37. The zero-order valence-corrected chi connectivity index (χ0v) is 12.3. The maximum atomic E-state index is 11.9. The van der Waals surface area contributed by atoms with Crippen LogP contribution in [0.2, 0.25) is 0 Å². The highest BCUT2D eigenvalue weighted by molar-refractivity contribution is 9.10. The Morgan fingerprint density at radius 2 is 2.19 bits per heavy atom. The Labute approximate surface area is 125 Å². The van der Waals surface area contributed by atoms with Gasteiger partial charge in [0.1, 0.15) is 17.1 Å². The number of aromatic nitrogens is 1. The van der Waals surface area contributed by atoms with Gasteiger partial charge in [-0.15, -0.1) is 0 Å². The van der Waals surface area contributed by atoms with E-state index in [1.807, 2.05) is 0 Å². The molecule has 2 heterocycles. The van der Waals surface area contributed by atoms with Gasteiger partial charge >= 0.3 is 17.2 Å². The molecular formula is C12H9BrN2O6. The van der Waals surface area contributed by atoms with Crippen LogP contribution in [0.5, 0.6) is 0 Å². The minimum atomic E-state index is -1.14. The van der Waals surface area contributed by atoms with Crippen molar-refractivity contribution in [1.29, 1.82) is 0 Å². The first-order valence-electron chi connectivity index (χ1n) is 5.66. The van der Waals surface area contributed by atoms with E-state index in [9.17, 15) is 19.7 Å². The Bertz CT molecular complexity index is 792. The van der Waals surface area contributed by atoms with Gasteiger partial charge in [-0.2, -0.15) is 0 Å². The highest BCUT2D eigenvalue weighted by atomic mass is 79.9. The Kier molecular flexibility index (Phi) is 3.94. The fourth-order valence-electron chi connectivity index (χ4n) is 1.83. The molecule has 110 valence electrons. The molecular weight excluding hydrogens is 348 g/mol. The standard InChI is InChI=1S/C12H9BrN2O6/c1-6-9(12(17)18)3-8(21-6)5-14-4-7(13)2-10(11(14)16)15(19)20/h2-4H,5H2,1H3,(H,17,18). The number of aromatic carboxylic acids is 1. The van der Waals surface area contributed by atoms with E-state index in [1.165, 1.54) is 19.2 Å². The Morgan fingerprint density at radius 3 is 2.71 bits per heavy atom. The van der Waals surface area contributed by atoms with Crippen molar-refractivity contribution < 1.29 is 19.2 Å². The summed E-state index contributed by atoms with van der Waals surface area (Å²) in [6, 6.07) is 2.39. The summed E-state index contributed by atoms with van der Waals surface area (Å²) in [7, 11) is 0. The van der Waals surface area contributed by atoms with E-state index in [0.29, 0.717) is 4.47 Å². The molecule has 0 saturated carbocycles. The SMILES string of the molecule is Cc1oc(Cn2cc(Br)cc([N+](=O)[O-])c2=O)cc1C(=O)O. The number of halogens is 1. The van der Waals surface area contributed by atoms with Crippen molar-refractivity contribution in [2.24, 2.45) is 0 Å². The van der Waals surface area contributed by atoms with Crippen LogP contribution in [0.15, 0.2) is 32.0 Å². The van der Waals surface area contributed by atoms with Crippen molar-refractivity contribution in [1.82, 2.24) is 4.57 Å². The van der Waals surface area contributed by atoms with E-state index >= 15 is 0 Å². The largest absolute Gasteiger partial charge is 0.478 e. The topological polar surface area (TPSA) is 116 Å². The highest BCUT2D eigenvalue weighted by Gasteiger charge is 2.18. The summed E-state index contributed by atoms with van der Waals surface area (Å²) in [5, 5.41) is 19.7. The molecule has 0 unspecified atom stereocenters. The fourth-order valence-corrected chi connectivity index (χ4v) is 2.30. The first kappa shape index (κ1) is 15.0. The van der Waals surface area contributed by atoms with Crippen LogP contribution in [0.1, 0.15) is 21.9 Å². The van der Waals surface area contributed by atoms with Crippen LogP contribution in [-0.4, -0.2) is 20.6 Å². The van der Waals surface area contributed by atoms with Crippen molar-refractivity contribution in [3.05, 3.63) is 60.4 Å². The van der Waals surface area contributed by atoms with Crippen molar-refractivity contribution in [2.45, 2.75) is 13.5 Å². The Balaban J connectivity index is 2.45. The molecule has 0 radical (unpaired) electrons. The smallest absolute Gasteiger partial charge is 0.339 e. The molecule has 0 atom stereocenters. The molecule has 0 aliphatic rings. The number of hydrogen-bond acceptors (Lipinski definition) is 5. The van der Waals surface area contributed by atoms with Gasteiger partial charge in [-0.3, -0.25) is 14.9 Å². The van der Waals surface area contributed by atoms with Crippen molar-refractivity contribution in [2.75, 3.05) is 0 Å². The number of nitro groups is 1. The van der Waals surface area contributed by atoms with E-state index in [-0.39, 0.29) is 23.6 Å². The summed E-state index contributed by atoms with van der Waals surface area (Å²) in [5.74, 6) is -0.718. The number of nitrogens with zero attached hydrogens (tertiary/aromatic N) is 2. The van der Waals surface area contributed by atoms with Gasteiger partial charge in [-0.25, -0.2) is 4.79 Å². The van der Waals surface area contributed by atoms with E-state index in [4.69, 9.17) is 9.52 Å². The second kappa shape index (κ2) is 5.52. The van der Waals surface area contributed by atoms with Crippen LogP contribution in [0.3, 0.4) is 0 Å². The lowest BCUT2D eigenvalue weighted by Gasteiger charge is -2.04. The third-order valence-electron chi connectivity index (χ3n) is 2.76. The lowest BCUT2D eigenvalue weighted by Crippen LogP contribution is -2.22. The van der Waals surface area contributed by atoms with Crippen LogP contribution in [0.25, 0.3) is 0 Å². The van der Waals surface area contributed by atoms with Gasteiger partial charge in [0.15, 0.2) is 0 Å². The van der Waals surface area contributed by atoms with Crippen molar-refractivity contribution in [3.63, 3.8) is 0 Å². The van der Waals surface area contributed by atoms with Gasteiger partial charge in [0.25, 0.3) is 0 Å². The Morgan fingerprint density at radius 1 is 1.52 bits per heavy atom. The molecule has 0 aromatic carbocycles. The minimum absolute atomic E-state index is 0.0115. The molecule has 0 amide bonds. The molecule has 0 bridgehead atoms. The zero-order valence-electron chi connectivity index (χ0n) is 10.7. The third-order valence-corrected chi connectivity index (χ3v) is 3.19. The molecule has 8 nitrogen and oxygen atoms in total. The Hall–Kier alpha value is -2.42. The number of carboxylic acid groups (broad SMARTS) is 1. The van der Waals surface area contributed by atoms with Crippen LogP contribution in [-0.2, 0) is 6.54 Å². The molecule has 1 N–H and O–H groups in total. The summed E-state index contributed by atoms with van der Waals surface area (Å²) in [5.41, 5.74) is -1.39. The van der Waals surface area contributed by atoms with Crippen molar-refractivity contribution in [3.8, 4) is 0 Å². The summed E-state index contributed by atoms with van der Waals surface area (Å²) >= 11 is 3.08. The second-order valence-electron chi connectivity index (χ2n) is 4.22.